The van der Waals surface area contributed by atoms with E-state index in [9.17, 15) is 9.59 Å². The summed E-state index contributed by atoms with van der Waals surface area (Å²) in [7, 11) is 0. The molecule has 0 saturated heterocycles. The maximum absolute atomic E-state index is 13.0. The largest absolute Gasteiger partial charge is 0.484 e. The van der Waals surface area contributed by atoms with Crippen LogP contribution in [0.1, 0.15) is 99.8 Å². The van der Waals surface area contributed by atoms with E-state index < -0.39 is 6.03 Å². The molecule has 0 saturated carbocycles. The number of benzene rings is 1. The van der Waals surface area contributed by atoms with Crippen molar-refractivity contribution in [1.29, 1.82) is 0 Å². The maximum Gasteiger partial charge on any atom is 0.320 e. The standard InChI is InChI=1S/C31H37N7O3/c1-30(2,3)16-28-37-36-27-14-11-19(17-38(27)28)41-23-13-12-22(20-9-7-8-10-21(20)23)32-29(40)35-25-15-24(31(4,5)6)33-26(18-39)34-25/h7-11,14-15,17-18,22-23H,12-13,16H2,1-6H3,(H2,32,33,34,35,40)/t22-,23+/m0/s1. The van der Waals surface area contributed by atoms with Crippen molar-refractivity contribution in [3.63, 3.8) is 0 Å². The molecule has 4 aromatic rings. The molecule has 10 nitrogen and oxygen atoms in total. The molecular formula is C31H37N7O3. The predicted octanol–water partition coefficient (Wildman–Crippen LogP) is 5.99. The van der Waals surface area contributed by atoms with Crippen LogP contribution in [0.3, 0.4) is 0 Å². The predicted molar refractivity (Wildman–Crippen MR) is 156 cm³/mol. The number of amides is 2. The van der Waals surface area contributed by atoms with E-state index in [1.165, 1.54) is 0 Å². The minimum atomic E-state index is -0.399. The normalized spacial score (nSPS) is 17.1. The van der Waals surface area contributed by atoms with Gasteiger partial charge in [-0.25, -0.2) is 14.8 Å². The Morgan fingerprint density at radius 1 is 1.02 bits per heavy atom. The van der Waals surface area contributed by atoms with Gasteiger partial charge < -0.3 is 10.1 Å². The summed E-state index contributed by atoms with van der Waals surface area (Å²) in [6.07, 6.45) is 4.57. The monoisotopic (exact) mass is 555 g/mol. The fourth-order valence-corrected chi connectivity index (χ4v) is 5.05. The van der Waals surface area contributed by atoms with Crippen LogP contribution in [0.2, 0.25) is 0 Å². The quantitative estimate of drug-likeness (QED) is 0.280. The topological polar surface area (TPSA) is 123 Å². The molecule has 5 rings (SSSR count). The molecular weight excluding hydrogens is 518 g/mol. The number of pyridine rings is 1. The molecule has 3 aromatic heterocycles. The SMILES string of the molecule is CC(C)(C)Cc1nnc2ccc(O[C@@H]3CC[C@H](NC(=O)Nc4cc(C(C)(C)C)nc(C=O)n4)c4ccccc43)cn12. The van der Waals surface area contributed by atoms with Crippen LogP contribution in [0.15, 0.2) is 48.7 Å². The number of urea groups is 1. The molecule has 2 amide bonds. The molecule has 214 valence electrons. The second-order valence-corrected chi connectivity index (χ2v) is 12.8. The third kappa shape index (κ3) is 6.53. The first kappa shape index (κ1) is 28.2. The van der Waals surface area contributed by atoms with Crippen molar-refractivity contribution in [2.45, 2.75) is 78.4 Å². The van der Waals surface area contributed by atoms with Crippen molar-refractivity contribution in [3.8, 4) is 5.75 Å². The zero-order valence-electron chi connectivity index (χ0n) is 24.4. The summed E-state index contributed by atoms with van der Waals surface area (Å²) in [5.41, 5.74) is 3.26. The Labute approximate surface area is 240 Å². The molecule has 0 aliphatic heterocycles. The Balaban J connectivity index is 1.32. The van der Waals surface area contributed by atoms with Gasteiger partial charge in [0.15, 0.2) is 17.8 Å². The number of anilines is 1. The zero-order valence-corrected chi connectivity index (χ0v) is 24.4. The first-order chi connectivity index (χ1) is 19.4. The summed E-state index contributed by atoms with van der Waals surface area (Å²) in [4.78, 5) is 32.9. The Morgan fingerprint density at radius 2 is 1.78 bits per heavy atom. The number of hydrogen-bond donors (Lipinski definition) is 2. The molecule has 0 radical (unpaired) electrons. The van der Waals surface area contributed by atoms with Crippen LogP contribution < -0.4 is 15.4 Å². The number of nitrogens with one attached hydrogen (secondary N) is 2. The second-order valence-electron chi connectivity index (χ2n) is 12.8. The molecule has 2 N–H and O–H groups in total. The van der Waals surface area contributed by atoms with Gasteiger partial charge in [0, 0.05) is 17.9 Å². The molecule has 0 spiro atoms. The molecule has 2 atom stereocenters. The maximum atomic E-state index is 13.0. The van der Waals surface area contributed by atoms with E-state index in [4.69, 9.17) is 4.74 Å². The lowest BCUT2D eigenvalue weighted by atomic mass is 9.85. The van der Waals surface area contributed by atoms with E-state index in [1.807, 2.05) is 67.8 Å². The van der Waals surface area contributed by atoms with Crippen LogP contribution in [-0.2, 0) is 11.8 Å². The van der Waals surface area contributed by atoms with Gasteiger partial charge in [0.2, 0.25) is 0 Å². The molecule has 41 heavy (non-hydrogen) atoms. The summed E-state index contributed by atoms with van der Waals surface area (Å²) in [5.74, 6) is 1.95. The second kappa shape index (κ2) is 10.9. The minimum absolute atomic E-state index is 0.0333. The Hall–Kier alpha value is -4.34. The van der Waals surface area contributed by atoms with Crippen LogP contribution in [0, 0.1) is 5.41 Å². The highest BCUT2D eigenvalue weighted by Crippen LogP contribution is 2.39. The summed E-state index contributed by atoms with van der Waals surface area (Å²) in [5, 5.41) is 14.6. The van der Waals surface area contributed by atoms with Crippen LogP contribution in [0.4, 0.5) is 10.6 Å². The number of aldehydes is 1. The summed E-state index contributed by atoms with van der Waals surface area (Å²) in [6, 6.07) is 13.0. The van der Waals surface area contributed by atoms with Crippen LogP contribution in [0.5, 0.6) is 5.75 Å². The summed E-state index contributed by atoms with van der Waals surface area (Å²) >= 11 is 0. The van der Waals surface area contributed by atoms with Crippen LogP contribution >= 0.6 is 0 Å². The summed E-state index contributed by atoms with van der Waals surface area (Å²) in [6.45, 7) is 12.5. The van der Waals surface area contributed by atoms with Gasteiger partial charge in [-0.15, -0.1) is 10.2 Å². The lowest BCUT2D eigenvalue weighted by Crippen LogP contribution is -2.36. The number of aromatic nitrogens is 5. The number of ether oxygens (including phenoxy) is 1. The minimum Gasteiger partial charge on any atom is -0.484 e. The van der Waals surface area contributed by atoms with Gasteiger partial charge >= 0.3 is 6.03 Å². The van der Waals surface area contributed by atoms with E-state index >= 15 is 0 Å². The number of carbonyl (C=O) groups excluding carboxylic acids is 2. The molecule has 0 unspecified atom stereocenters. The molecule has 1 aromatic carbocycles. The van der Waals surface area contributed by atoms with E-state index in [2.05, 4.69) is 51.6 Å². The van der Waals surface area contributed by atoms with Gasteiger partial charge in [0.05, 0.1) is 17.9 Å². The van der Waals surface area contributed by atoms with Crippen LogP contribution in [0.25, 0.3) is 5.65 Å². The van der Waals surface area contributed by atoms with Crippen molar-refractivity contribution in [2.75, 3.05) is 5.32 Å². The van der Waals surface area contributed by atoms with E-state index in [0.717, 1.165) is 34.8 Å². The van der Waals surface area contributed by atoms with Crippen molar-refractivity contribution in [3.05, 3.63) is 77.1 Å². The lowest BCUT2D eigenvalue weighted by molar-refractivity contribution is 0.111. The molecule has 10 heteroatoms. The number of rotatable bonds is 6. The third-order valence-corrected chi connectivity index (χ3v) is 7.01. The third-order valence-electron chi connectivity index (χ3n) is 7.01. The number of nitrogens with zero attached hydrogens (tertiary/aromatic N) is 5. The van der Waals surface area contributed by atoms with Gasteiger partial charge in [0.1, 0.15) is 23.5 Å². The van der Waals surface area contributed by atoms with Gasteiger partial charge in [0.25, 0.3) is 0 Å². The van der Waals surface area contributed by atoms with Crippen LogP contribution in [-0.4, -0.2) is 36.9 Å². The van der Waals surface area contributed by atoms with E-state index in [1.54, 1.807) is 6.07 Å². The molecule has 0 fully saturated rings. The average Bonchev–Trinajstić information content (AvgIpc) is 3.29. The van der Waals surface area contributed by atoms with Crippen molar-refractivity contribution in [1.82, 2.24) is 29.9 Å². The lowest BCUT2D eigenvalue weighted by Gasteiger charge is -2.32. The average molecular weight is 556 g/mol. The highest BCUT2D eigenvalue weighted by atomic mass is 16.5. The highest BCUT2D eigenvalue weighted by molar-refractivity contribution is 5.89. The van der Waals surface area contributed by atoms with Crippen molar-refractivity contribution < 1.29 is 14.3 Å². The molecule has 1 aliphatic carbocycles. The summed E-state index contributed by atoms with van der Waals surface area (Å²) < 4.78 is 8.51. The number of fused-ring (bicyclic) bond motifs is 2. The Morgan fingerprint density at radius 3 is 2.49 bits per heavy atom. The van der Waals surface area contributed by atoms with Crippen molar-refractivity contribution >= 4 is 23.8 Å². The zero-order chi connectivity index (χ0) is 29.4. The first-order valence-corrected chi connectivity index (χ1v) is 13.9. The smallest absolute Gasteiger partial charge is 0.320 e. The Bertz CT molecular complexity index is 1580. The van der Waals surface area contributed by atoms with Crippen molar-refractivity contribution in [2.24, 2.45) is 5.41 Å². The van der Waals surface area contributed by atoms with Gasteiger partial charge in [-0.3, -0.25) is 14.5 Å². The molecule has 3 heterocycles. The number of hydrogen-bond acceptors (Lipinski definition) is 7. The van der Waals surface area contributed by atoms with Gasteiger partial charge in [-0.2, -0.15) is 0 Å². The van der Waals surface area contributed by atoms with Gasteiger partial charge in [-0.05, 0) is 41.5 Å². The first-order valence-electron chi connectivity index (χ1n) is 13.9. The molecule has 1 aliphatic rings. The van der Waals surface area contributed by atoms with E-state index in [0.29, 0.717) is 24.8 Å². The Kier molecular flexibility index (Phi) is 7.50. The number of carbonyl (C=O) groups is 2. The molecule has 0 bridgehead atoms. The fraction of sp³-hybridized carbons (Fsp3) is 0.419. The fourth-order valence-electron chi connectivity index (χ4n) is 5.05. The highest BCUT2D eigenvalue weighted by Gasteiger charge is 2.30. The van der Waals surface area contributed by atoms with Gasteiger partial charge in [-0.1, -0.05) is 65.8 Å². The van der Waals surface area contributed by atoms with E-state index in [-0.39, 0.29) is 34.6 Å².